The number of amides is 1. The molecule has 15 heavy (non-hydrogen) atoms. The summed E-state index contributed by atoms with van der Waals surface area (Å²) in [6, 6.07) is 0. The molecule has 0 saturated heterocycles. The third-order valence-corrected chi connectivity index (χ3v) is 1.41. The van der Waals surface area contributed by atoms with Crippen LogP contribution < -0.4 is 0 Å². The van der Waals surface area contributed by atoms with E-state index in [0.29, 0.717) is 17.1 Å². The number of carboxylic acid groups (broad SMARTS) is 1. The van der Waals surface area contributed by atoms with E-state index in [1.807, 2.05) is 0 Å². The highest BCUT2D eigenvalue weighted by atomic mass is 19.3. The number of halogens is 2. The van der Waals surface area contributed by atoms with Crippen molar-refractivity contribution in [1.82, 2.24) is 4.90 Å². The lowest BCUT2D eigenvalue weighted by Gasteiger charge is -2.19. The second-order valence-corrected chi connectivity index (χ2v) is 2.57. The summed E-state index contributed by atoms with van der Waals surface area (Å²) in [4.78, 5) is 21.8. The van der Waals surface area contributed by atoms with Crippen molar-refractivity contribution in [2.24, 2.45) is 0 Å². The molecule has 0 aliphatic carbocycles. The number of hydrogen-bond donors (Lipinski definition) is 2. The molecule has 0 aliphatic heterocycles. The molecule has 86 valence electrons. The van der Waals surface area contributed by atoms with Crippen LogP contribution in [0.3, 0.4) is 0 Å². The summed E-state index contributed by atoms with van der Waals surface area (Å²) in [6.45, 7) is -1.55. The Kier molecular flexibility index (Phi) is 6.19. The van der Waals surface area contributed by atoms with Crippen molar-refractivity contribution in [2.45, 2.75) is 6.43 Å². The minimum atomic E-state index is -2.72. The fourth-order valence-corrected chi connectivity index (χ4v) is 0.827. The minimum absolute atomic E-state index is 0.257. The number of aliphatic carboxylic acids is 1. The molecule has 0 rings (SSSR count). The van der Waals surface area contributed by atoms with Gasteiger partial charge in [0, 0.05) is 18.7 Å². The first-order chi connectivity index (χ1) is 6.97. The molecule has 0 aromatic heterocycles. The normalized spacial score (nSPS) is 10.9. The maximum atomic E-state index is 12.0. The van der Waals surface area contributed by atoms with Crippen LogP contribution in [0.15, 0.2) is 12.2 Å². The van der Waals surface area contributed by atoms with Crippen LogP contribution in [0.1, 0.15) is 0 Å². The molecule has 0 aliphatic rings. The smallest absolute Gasteiger partial charge is 0.328 e. The van der Waals surface area contributed by atoms with Gasteiger partial charge < -0.3 is 15.1 Å². The van der Waals surface area contributed by atoms with Gasteiger partial charge >= 0.3 is 5.97 Å². The molecule has 5 nitrogen and oxygen atoms in total. The number of carbonyl (C=O) groups excluding carboxylic acids is 1. The van der Waals surface area contributed by atoms with Crippen molar-refractivity contribution in [3.8, 4) is 0 Å². The Bertz CT molecular complexity index is 255. The zero-order valence-corrected chi connectivity index (χ0v) is 7.77. The zero-order chi connectivity index (χ0) is 11.8. The average molecular weight is 223 g/mol. The van der Waals surface area contributed by atoms with Gasteiger partial charge in [-0.2, -0.15) is 0 Å². The van der Waals surface area contributed by atoms with Crippen molar-refractivity contribution in [2.75, 3.05) is 19.7 Å². The SMILES string of the molecule is O=C(O)/C=C/C(=O)N(CCO)CC(F)F. The number of aliphatic hydroxyl groups is 1. The van der Waals surface area contributed by atoms with Gasteiger partial charge in [-0.15, -0.1) is 0 Å². The molecule has 0 saturated carbocycles. The number of nitrogens with zero attached hydrogens (tertiary/aromatic N) is 1. The van der Waals surface area contributed by atoms with E-state index < -0.39 is 31.5 Å². The van der Waals surface area contributed by atoms with Crippen molar-refractivity contribution in [3.05, 3.63) is 12.2 Å². The predicted octanol–water partition coefficient (Wildman–Crippen LogP) is -0.287. The summed E-state index contributed by atoms with van der Waals surface area (Å²) in [6.07, 6.45) is -1.50. The summed E-state index contributed by atoms with van der Waals surface area (Å²) >= 11 is 0. The van der Waals surface area contributed by atoms with Gasteiger partial charge in [0.05, 0.1) is 13.2 Å². The Morgan fingerprint density at radius 3 is 2.33 bits per heavy atom. The van der Waals surface area contributed by atoms with E-state index in [-0.39, 0.29) is 6.54 Å². The number of hydrogen-bond acceptors (Lipinski definition) is 3. The average Bonchev–Trinajstić information content (AvgIpc) is 2.12. The number of carbonyl (C=O) groups is 2. The van der Waals surface area contributed by atoms with Crippen molar-refractivity contribution in [1.29, 1.82) is 0 Å². The van der Waals surface area contributed by atoms with Crippen LogP contribution in [0.4, 0.5) is 8.78 Å². The van der Waals surface area contributed by atoms with Gasteiger partial charge in [-0.05, 0) is 0 Å². The minimum Gasteiger partial charge on any atom is -0.478 e. The monoisotopic (exact) mass is 223 g/mol. The summed E-state index contributed by atoms with van der Waals surface area (Å²) < 4.78 is 23.9. The highest BCUT2D eigenvalue weighted by molar-refractivity contribution is 5.93. The predicted molar refractivity (Wildman–Crippen MR) is 46.4 cm³/mol. The first-order valence-corrected chi connectivity index (χ1v) is 4.06. The van der Waals surface area contributed by atoms with Crippen LogP contribution in [0.5, 0.6) is 0 Å². The summed E-state index contributed by atoms with van der Waals surface area (Å²) in [5.74, 6) is -2.21. The fourth-order valence-electron chi connectivity index (χ4n) is 0.827. The van der Waals surface area contributed by atoms with Gasteiger partial charge in [-0.25, -0.2) is 13.6 Å². The molecule has 0 atom stereocenters. The first kappa shape index (κ1) is 13.5. The molecule has 0 unspecified atom stereocenters. The van der Waals surface area contributed by atoms with Crippen LogP contribution in [-0.2, 0) is 9.59 Å². The number of alkyl halides is 2. The van der Waals surface area contributed by atoms with E-state index >= 15 is 0 Å². The molecule has 2 N–H and O–H groups in total. The van der Waals surface area contributed by atoms with Crippen LogP contribution >= 0.6 is 0 Å². The molecule has 0 aromatic rings. The van der Waals surface area contributed by atoms with E-state index in [1.165, 1.54) is 0 Å². The third kappa shape index (κ3) is 6.55. The van der Waals surface area contributed by atoms with E-state index in [4.69, 9.17) is 10.2 Å². The molecule has 0 fully saturated rings. The third-order valence-electron chi connectivity index (χ3n) is 1.41. The lowest BCUT2D eigenvalue weighted by atomic mass is 10.4. The topological polar surface area (TPSA) is 77.8 Å². The molecule has 0 aromatic carbocycles. The molecular formula is C8H11F2NO4. The van der Waals surface area contributed by atoms with Crippen LogP contribution in [0.2, 0.25) is 0 Å². The lowest BCUT2D eigenvalue weighted by molar-refractivity contribution is -0.132. The Balaban J connectivity index is 4.34. The van der Waals surface area contributed by atoms with Crippen molar-refractivity contribution >= 4 is 11.9 Å². The fraction of sp³-hybridized carbons (Fsp3) is 0.500. The van der Waals surface area contributed by atoms with Gasteiger partial charge in [-0.1, -0.05) is 0 Å². The Hall–Kier alpha value is -1.50. The van der Waals surface area contributed by atoms with Crippen LogP contribution in [-0.4, -0.2) is 53.1 Å². The summed E-state index contributed by atoms with van der Waals surface area (Å²) in [5, 5.41) is 16.7. The lowest BCUT2D eigenvalue weighted by Crippen LogP contribution is -2.36. The van der Waals surface area contributed by atoms with Crippen molar-refractivity contribution in [3.63, 3.8) is 0 Å². The molecule has 1 amide bonds. The molecule has 0 heterocycles. The highest BCUT2D eigenvalue weighted by Gasteiger charge is 2.15. The molecule has 0 bridgehead atoms. The summed E-state index contributed by atoms with van der Waals surface area (Å²) in [7, 11) is 0. The highest BCUT2D eigenvalue weighted by Crippen LogP contribution is 1.99. The van der Waals surface area contributed by atoms with Crippen LogP contribution in [0.25, 0.3) is 0 Å². The quantitative estimate of drug-likeness (QED) is 0.607. The first-order valence-electron chi connectivity index (χ1n) is 4.06. The van der Waals surface area contributed by atoms with E-state index in [9.17, 15) is 18.4 Å². The van der Waals surface area contributed by atoms with Crippen LogP contribution in [0, 0.1) is 0 Å². The van der Waals surface area contributed by atoms with Gasteiger partial charge in [-0.3, -0.25) is 4.79 Å². The molecule has 0 radical (unpaired) electrons. The Morgan fingerprint density at radius 1 is 1.33 bits per heavy atom. The maximum Gasteiger partial charge on any atom is 0.328 e. The van der Waals surface area contributed by atoms with Gasteiger partial charge in [0.15, 0.2) is 0 Å². The Labute approximate surface area is 84.6 Å². The standard InChI is InChI=1S/C8H11F2NO4/c9-6(10)5-11(3-4-12)7(13)1-2-8(14)15/h1-2,6,12H,3-5H2,(H,14,15)/b2-1+. The van der Waals surface area contributed by atoms with Gasteiger partial charge in [0.25, 0.3) is 6.43 Å². The molecular weight excluding hydrogens is 212 g/mol. The largest absolute Gasteiger partial charge is 0.478 e. The van der Waals surface area contributed by atoms with Crippen molar-refractivity contribution < 1.29 is 28.6 Å². The second kappa shape index (κ2) is 6.88. The maximum absolute atomic E-state index is 12.0. The van der Waals surface area contributed by atoms with E-state index in [0.717, 1.165) is 0 Å². The zero-order valence-electron chi connectivity index (χ0n) is 7.77. The number of aliphatic hydroxyl groups excluding tert-OH is 1. The van der Waals surface area contributed by atoms with Gasteiger partial charge in [0.2, 0.25) is 5.91 Å². The Morgan fingerprint density at radius 2 is 1.93 bits per heavy atom. The number of carboxylic acids is 1. The second-order valence-electron chi connectivity index (χ2n) is 2.57. The van der Waals surface area contributed by atoms with E-state index in [1.54, 1.807) is 0 Å². The van der Waals surface area contributed by atoms with Gasteiger partial charge in [0.1, 0.15) is 0 Å². The molecule has 0 spiro atoms. The van der Waals surface area contributed by atoms with E-state index in [2.05, 4.69) is 0 Å². The number of rotatable bonds is 6. The summed E-state index contributed by atoms with van der Waals surface area (Å²) in [5.41, 5.74) is 0. The molecule has 7 heteroatoms.